The lowest BCUT2D eigenvalue weighted by atomic mass is 9.98. The third-order valence-corrected chi connectivity index (χ3v) is 3.86. The highest BCUT2D eigenvalue weighted by molar-refractivity contribution is 14.1. The highest BCUT2D eigenvalue weighted by Crippen LogP contribution is 2.37. The number of rotatable bonds is 0. The first-order chi connectivity index (χ1) is 8.58. The molecule has 4 heteroatoms. The van der Waals surface area contributed by atoms with Crippen LogP contribution in [0.4, 0.5) is 17.1 Å². The van der Waals surface area contributed by atoms with Gasteiger partial charge in [0.2, 0.25) is 0 Å². The van der Waals surface area contributed by atoms with Crippen molar-refractivity contribution in [1.82, 2.24) is 0 Å². The first-order valence-electron chi connectivity index (χ1n) is 5.53. The Hall–Kier alpha value is -1.69. The van der Waals surface area contributed by atoms with Crippen LogP contribution in [0.3, 0.4) is 0 Å². The normalized spacial score (nSPS) is 11.2. The number of halogens is 1. The highest BCUT2D eigenvalue weighted by atomic mass is 127. The van der Waals surface area contributed by atoms with E-state index in [9.17, 15) is 0 Å². The van der Waals surface area contributed by atoms with Gasteiger partial charge < -0.3 is 17.2 Å². The predicted octanol–water partition coefficient (Wildman–Crippen LogP) is 3.34. The number of benzene rings is 3. The largest absolute Gasteiger partial charge is 0.399 e. The summed E-state index contributed by atoms with van der Waals surface area (Å²) in [5.41, 5.74) is 20.5. The second kappa shape index (κ2) is 3.91. The fourth-order valence-corrected chi connectivity index (χ4v) is 2.78. The first-order valence-corrected chi connectivity index (χ1v) is 6.61. The van der Waals surface area contributed by atoms with Crippen molar-refractivity contribution in [3.05, 3.63) is 40.0 Å². The van der Waals surface area contributed by atoms with Gasteiger partial charge in [-0.1, -0.05) is 12.1 Å². The van der Waals surface area contributed by atoms with E-state index < -0.39 is 0 Å². The second-order valence-corrected chi connectivity index (χ2v) is 5.57. The molecule has 0 aliphatic carbocycles. The van der Waals surface area contributed by atoms with Gasteiger partial charge in [-0.3, -0.25) is 0 Å². The standard InChI is InChI=1S/C14H12IN3/c15-7-1-3-9-11(5-7)13(17)10-4-2-8(16)6-12(10)14(9)18/h1-6H,16-18H2. The van der Waals surface area contributed by atoms with Crippen molar-refractivity contribution in [3.8, 4) is 0 Å². The topological polar surface area (TPSA) is 78.1 Å². The lowest BCUT2D eigenvalue weighted by molar-refractivity contribution is 1.69. The molecule has 0 unspecified atom stereocenters. The van der Waals surface area contributed by atoms with Crippen LogP contribution in [0.5, 0.6) is 0 Å². The molecule has 0 fully saturated rings. The maximum atomic E-state index is 6.24. The van der Waals surface area contributed by atoms with E-state index >= 15 is 0 Å². The van der Waals surface area contributed by atoms with E-state index in [1.807, 2.05) is 30.3 Å². The van der Waals surface area contributed by atoms with E-state index in [4.69, 9.17) is 17.2 Å². The van der Waals surface area contributed by atoms with Crippen LogP contribution in [0.25, 0.3) is 21.5 Å². The Bertz CT molecular complexity index is 713. The molecule has 0 aliphatic rings. The Morgan fingerprint density at radius 3 is 1.89 bits per heavy atom. The van der Waals surface area contributed by atoms with E-state index in [-0.39, 0.29) is 0 Å². The summed E-state index contributed by atoms with van der Waals surface area (Å²) in [4.78, 5) is 0. The molecule has 3 aromatic rings. The Kier molecular flexibility index (Phi) is 2.48. The molecule has 0 saturated carbocycles. The van der Waals surface area contributed by atoms with E-state index in [1.165, 1.54) is 0 Å². The van der Waals surface area contributed by atoms with Gasteiger partial charge in [-0.25, -0.2) is 0 Å². The first kappa shape index (κ1) is 11.4. The monoisotopic (exact) mass is 349 g/mol. The zero-order chi connectivity index (χ0) is 12.9. The molecule has 0 saturated heterocycles. The molecule has 6 N–H and O–H groups in total. The number of anilines is 3. The van der Waals surface area contributed by atoms with Crippen molar-refractivity contribution in [3.63, 3.8) is 0 Å². The molecule has 3 nitrogen and oxygen atoms in total. The third kappa shape index (κ3) is 1.56. The predicted molar refractivity (Wildman–Crippen MR) is 87.4 cm³/mol. The van der Waals surface area contributed by atoms with Gasteiger partial charge >= 0.3 is 0 Å². The molecule has 3 rings (SSSR count). The SMILES string of the molecule is Nc1ccc2c(N)c3cc(I)ccc3c(N)c2c1. The highest BCUT2D eigenvalue weighted by Gasteiger charge is 2.10. The van der Waals surface area contributed by atoms with Gasteiger partial charge in [0.1, 0.15) is 0 Å². The quantitative estimate of drug-likeness (QED) is 0.252. The molecule has 0 aliphatic heterocycles. The molecule has 0 radical (unpaired) electrons. The number of hydrogen-bond donors (Lipinski definition) is 3. The Morgan fingerprint density at radius 2 is 1.22 bits per heavy atom. The van der Waals surface area contributed by atoms with Gasteiger partial charge in [-0.05, 0) is 46.9 Å². The van der Waals surface area contributed by atoms with E-state index in [0.29, 0.717) is 5.69 Å². The van der Waals surface area contributed by atoms with Gasteiger partial charge in [0.15, 0.2) is 0 Å². The van der Waals surface area contributed by atoms with Crippen molar-refractivity contribution in [1.29, 1.82) is 0 Å². The van der Waals surface area contributed by atoms with Crippen LogP contribution < -0.4 is 17.2 Å². The molecule has 3 aromatic carbocycles. The van der Waals surface area contributed by atoms with Crippen LogP contribution in [0.1, 0.15) is 0 Å². The fourth-order valence-electron chi connectivity index (χ4n) is 2.28. The van der Waals surface area contributed by atoms with Crippen molar-refractivity contribution in [2.24, 2.45) is 0 Å². The summed E-state index contributed by atoms with van der Waals surface area (Å²) in [7, 11) is 0. The molecule has 0 bridgehead atoms. The molecule has 0 aromatic heterocycles. The lowest BCUT2D eigenvalue weighted by Gasteiger charge is -2.12. The minimum atomic E-state index is 0.693. The van der Waals surface area contributed by atoms with Crippen molar-refractivity contribution in [2.45, 2.75) is 0 Å². The van der Waals surface area contributed by atoms with Crippen LogP contribution >= 0.6 is 22.6 Å². The number of nitrogens with two attached hydrogens (primary N) is 3. The van der Waals surface area contributed by atoms with Gasteiger partial charge in [0, 0.05) is 42.2 Å². The zero-order valence-corrected chi connectivity index (χ0v) is 11.7. The molecule has 90 valence electrons. The average Bonchev–Trinajstić information content (AvgIpc) is 2.36. The Labute approximate surface area is 118 Å². The summed E-state index contributed by atoms with van der Waals surface area (Å²) in [6.07, 6.45) is 0. The summed E-state index contributed by atoms with van der Waals surface area (Å²) in [5.74, 6) is 0. The number of hydrogen-bond acceptors (Lipinski definition) is 3. The Morgan fingerprint density at radius 1 is 0.667 bits per heavy atom. The van der Waals surface area contributed by atoms with Crippen LogP contribution in [0.15, 0.2) is 36.4 Å². The van der Waals surface area contributed by atoms with Crippen molar-refractivity contribution in [2.75, 3.05) is 17.2 Å². The third-order valence-electron chi connectivity index (χ3n) is 3.19. The van der Waals surface area contributed by atoms with Crippen molar-refractivity contribution < 1.29 is 0 Å². The summed E-state index contributed by atoms with van der Waals surface area (Å²) >= 11 is 2.27. The van der Waals surface area contributed by atoms with Gasteiger partial charge in [-0.15, -0.1) is 0 Å². The van der Waals surface area contributed by atoms with Gasteiger partial charge in [0.05, 0.1) is 0 Å². The zero-order valence-electron chi connectivity index (χ0n) is 9.57. The molecular weight excluding hydrogens is 337 g/mol. The summed E-state index contributed by atoms with van der Waals surface area (Å²) in [6.45, 7) is 0. The molecule has 0 spiro atoms. The summed E-state index contributed by atoms with van der Waals surface area (Å²) in [5, 5.41) is 3.85. The molecule has 0 heterocycles. The summed E-state index contributed by atoms with van der Waals surface area (Å²) in [6, 6.07) is 11.7. The molecule has 0 amide bonds. The molecule has 18 heavy (non-hydrogen) atoms. The van der Waals surface area contributed by atoms with Crippen LogP contribution in [-0.2, 0) is 0 Å². The van der Waals surface area contributed by atoms with Gasteiger partial charge in [0.25, 0.3) is 0 Å². The lowest BCUT2D eigenvalue weighted by Crippen LogP contribution is -1.97. The minimum absolute atomic E-state index is 0.693. The molecule has 0 atom stereocenters. The minimum Gasteiger partial charge on any atom is -0.399 e. The van der Waals surface area contributed by atoms with E-state index in [0.717, 1.165) is 36.5 Å². The smallest absolute Gasteiger partial charge is 0.0475 e. The maximum absolute atomic E-state index is 6.24. The second-order valence-electron chi connectivity index (χ2n) is 4.32. The maximum Gasteiger partial charge on any atom is 0.0475 e. The van der Waals surface area contributed by atoms with Crippen LogP contribution in [0.2, 0.25) is 0 Å². The number of fused-ring (bicyclic) bond motifs is 2. The summed E-state index contributed by atoms with van der Waals surface area (Å²) < 4.78 is 1.14. The van der Waals surface area contributed by atoms with Crippen LogP contribution in [-0.4, -0.2) is 0 Å². The van der Waals surface area contributed by atoms with E-state index in [2.05, 4.69) is 28.7 Å². The molecular formula is C14H12IN3. The Balaban J connectivity index is 2.60. The van der Waals surface area contributed by atoms with Crippen molar-refractivity contribution >= 4 is 61.2 Å². The van der Waals surface area contributed by atoms with Gasteiger partial charge in [-0.2, -0.15) is 0 Å². The van der Waals surface area contributed by atoms with Crippen LogP contribution in [0, 0.1) is 3.57 Å². The number of nitrogen functional groups attached to an aromatic ring is 3. The fraction of sp³-hybridized carbons (Fsp3) is 0. The van der Waals surface area contributed by atoms with E-state index in [1.54, 1.807) is 0 Å². The average molecular weight is 349 g/mol.